The lowest BCUT2D eigenvalue weighted by atomic mass is 9.80. The largest absolute Gasteiger partial charge is 0.381 e. The van der Waals surface area contributed by atoms with Gasteiger partial charge < -0.3 is 15.4 Å². The molecular formula is C13H23N3O4S. The molecule has 0 aromatic carbocycles. The van der Waals surface area contributed by atoms with Crippen molar-refractivity contribution < 1.29 is 17.9 Å². The Kier molecular flexibility index (Phi) is 3.98. The number of sulfonamides is 1. The van der Waals surface area contributed by atoms with Crippen LogP contribution in [0.3, 0.4) is 0 Å². The predicted molar refractivity (Wildman–Crippen MR) is 77.2 cm³/mol. The lowest BCUT2D eigenvalue weighted by Gasteiger charge is -2.31. The van der Waals surface area contributed by atoms with Gasteiger partial charge in [0.2, 0.25) is 15.9 Å². The van der Waals surface area contributed by atoms with Crippen molar-refractivity contribution in [1.29, 1.82) is 0 Å². The Morgan fingerprint density at radius 3 is 2.76 bits per heavy atom. The summed E-state index contributed by atoms with van der Waals surface area (Å²) in [6.07, 6.45) is 2.87. The van der Waals surface area contributed by atoms with Crippen LogP contribution < -0.4 is 10.6 Å². The van der Waals surface area contributed by atoms with Crippen molar-refractivity contribution in [2.24, 2.45) is 11.3 Å². The minimum absolute atomic E-state index is 0.00412. The summed E-state index contributed by atoms with van der Waals surface area (Å²) in [4.78, 5) is 12.8. The van der Waals surface area contributed by atoms with Gasteiger partial charge in [0, 0.05) is 51.4 Å². The minimum atomic E-state index is -3.24. The van der Waals surface area contributed by atoms with Crippen LogP contribution in [0.25, 0.3) is 0 Å². The molecule has 3 aliphatic rings. The smallest absolute Gasteiger partial charge is 0.229 e. The molecule has 120 valence electrons. The van der Waals surface area contributed by atoms with Crippen molar-refractivity contribution >= 4 is 15.9 Å². The summed E-state index contributed by atoms with van der Waals surface area (Å²) in [5.41, 5.74) is -0.610. The molecule has 21 heavy (non-hydrogen) atoms. The topological polar surface area (TPSA) is 87.7 Å². The molecule has 0 aromatic rings. The zero-order valence-corrected chi connectivity index (χ0v) is 13.1. The number of nitrogens with one attached hydrogen (secondary N) is 2. The summed E-state index contributed by atoms with van der Waals surface area (Å²) in [6, 6.07) is 0.147. The molecule has 0 aliphatic carbocycles. The van der Waals surface area contributed by atoms with Gasteiger partial charge in [-0.25, -0.2) is 12.7 Å². The van der Waals surface area contributed by atoms with Crippen molar-refractivity contribution in [1.82, 2.24) is 14.9 Å². The average molecular weight is 317 g/mol. The second-order valence-corrected chi connectivity index (χ2v) is 8.38. The maximum atomic E-state index is 12.8. The molecule has 2 N–H and O–H groups in total. The number of rotatable bonds is 3. The van der Waals surface area contributed by atoms with E-state index in [9.17, 15) is 13.2 Å². The van der Waals surface area contributed by atoms with Gasteiger partial charge in [0.1, 0.15) is 0 Å². The Balaban J connectivity index is 1.73. The van der Waals surface area contributed by atoms with Crippen LogP contribution in [0.1, 0.15) is 12.8 Å². The molecule has 0 bridgehead atoms. The zero-order valence-electron chi connectivity index (χ0n) is 12.3. The van der Waals surface area contributed by atoms with Crippen LogP contribution in [0.2, 0.25) is 0 Å². The number of nitrogens with zero attached hydrogens (tertiary/aromatic N) is 1. The van der Waals surface area contributed by atoms with Crippen LogP contribution in [0.15, 0.2) is 0 Å². The van der Waals surface area contributed by atoms with Gasteiger partial charge in [-0.1, -0.05) is 0 Å². The number of fused-ring (bicyclic) bond motifs is 1. The minimum Gasteiger partial charge on any atom is -0.381 e. The van der Waals surface area contributed by atoms with Crippen LogP contribution in [-0.2, 0) is 19.6 Å². The van der Waals surface area contributed by atoms with E-state index < -0.39 is 15.4 Å². The van der Waals surface area contributed by atoms with E-state index in [2.05, 4.69) is 10.6 Å². The molecule has 0 radical (unpaired) electrons. The van der Waals surface area contributed by atoms with E-state index in [0.717, 1.165) is 12.8 Å². The molecule has 8 heteroatoms. The van der Waals surface area contributed by atoms with E-state index in [1.54, 1.807) is 0 Å². The van der Waals surface area contributed by atoms with E-state index in [0.29, 0.717) is 39.4 Å². The Morgan fingerprint density at radius 1 is 1.38 bits per heavy atom. The monoisotopic (exact) mass is 317 g/mol. The van der Waals surface area contributed by atoms with E-state index in [4.69, 9.17) is 4.74 Å². The third kappa shape index (κ3) is 2.81. The molecule has 3 heterocycles. The highest BCUT2D eigenvalue weighted by Crippen LogP contribution is 2.40. The first-order valence-electron chi connectivity index (χ1n) is 7.46. The standard InChI is InChI=1S/C13H23N3O4S/c1-21(18,19)16-7-10-6-14-8-13(10,9-16)12(17)15-11-2-4-20-5-3-11/h10-11,14H,2-9H2,1H3,(H,15,17)/t10-,13-/m1/s1. The maximum Gasteiger partial charge on any atom is 0.229 e. The second kappa shape index (κ2) is 5.49. The van der Waals surface area contributed by atoms with E-state index in [-0.39, 0.29) is 17.9 Å². The summed E-state index contributed by atoms with van der Waals surface area (Å²) in [7, 11) is -3.24. The fraction of sp³-hybridized carbons (Fsp3) is 0.923. The molecule has 2 atom stereocenters. The summed E-state index contributed by atoms with van der Waals surface area (Å²) in [6.45, 7) is 3.34. The molecule has 3 aliphatic heterocycles. The van der Waals surface area contributed by atoms with Crippen molar-refractivity contribution in [3.05, 3.63) is 0 Å². The maximum absolute atomic E-state index is 12.8. The first kappa shape index (κ1) is 15.2. The van der Waals surface area contributed by atoms with Gasteiger partial charge in [-0.2, -0.15) is 0 Å². The highest BCUT2D eigenvalue weighted by molar-refractivity contribution is 7.88. The fourth-order valence-electron chi connectivity index (χ4n) is 3.62. The quantitative estimate of drug-likeness (QED) is 0.680. The highest BCUT2D eigenvalue weighted by atomic mass is 32.2. The van der Waals surface area contributed by atoms with Gasteiger partial charge in [0.05, 0.1) is 11.7 Å². The van der Waals surface area contributed by atoms with Gasteiger partial charge >= 0.3 is 0 Å². The summed E-state index contributed by atoms with van der Waals surface area (Å²) in [5, 5.41) is 6.36. The van der Waals surface area contributed by atoms with E-state index in [1.165, 1.54) is 10.6 Å². The Bertz CT molecular complexity index is 518. The molecule has 0 spiro atoms. The number of ether oxygens (including phenoxy) is 1. The molecule has 1 amide bonds. The fourth-order valence-corrected chi connectivity index (χ4v) is 4.54. The molecular weight excluding hydrogens is 294 g/mol. The molecule has 0 aromatic heterocycles. The summed E-state index contributed by atoms with van der Waals surface area (Å²) in [5.74, 6) is 0.0580. The molecule has 3 saturated heterocycles. The average Bonchev–Trinajstić information content (AvgIpc) is 2.96. The van der Waals surface area contributed by atoms with Gasteiger partial charge in [0.15, 0.2) is 0 Å². The molecule has 3 fully saturated rings. The van der Waals surface area contributed by atoms with Crippen molar-refractivity contribution in [2.45, 2.75) is 18.9 Å². The second-order valence-electron chi connectivity index (χ2n) is 6.40. The molecule has 0 unspecified atom stereocenters. The predicted octanol–water partition coefficient (Wildman–Crippen LogP) is -1.24. The Morgan fingerprint density at radius 2 is 2.10 bits per heavy atom. The first-order valence-corrected chi connectivity index (χ1v) is 9.31. The van der Waals surface area contributed by atoms with E-state index in [1.807, 2.05) is 0 Å². The Hall–Kier alpha value is -0.700. The number of hydrogen-bond donors (Lipinski definition) is 2. The summed E-state index contributed by atoms with van der Waals surface area (Å²) >= 11 is 0. The van der Waals surface area contributed by atoms with E-state index >= 15 is 0 Å². The van der Waals surface area contributed by atoms with Crippen LogP contribution in [-0.4, -0.2) is 70.3 Å². The third-order valence-electron chi connectivity index (χ3n) is 4.97. The lowest BCUT2D eigenvalue weighted by molar-refractivity contribution is -0.132. The van der Waals surface area contributed by atoms with Crippen LogP contribution in [0.4, 0.5) is 0 Å². The van der Waals surface area contributed by atoms with Crippen molar-refractivity contribution in [3.63, 3.8) is 0 Å². The van der Waals surface area contributed by atoms with Crippen molar-refractivity contribution in [3.8, 4) is 0 Å². The first-order chi connectivity index (χ1) is 9.92. The third-order valence-corrected chi connectivity index (χ3v) is 6.19. The highest BCUT2D eigenvalue weighted by Gasteiger charge is 2.56. The van der Waals surface area contributed by atoms with Gasteiger partial charge in [-0.3, -0.25) is 4.79 Å². The number of carbonyl (C=O) groups excluding carboxylic acids is 1. The normalized spacial score (nSPS) is 34.8. The van der Waals surface area contributed by atoms with Crippen molar-refractivity contribution in [2.75, 3.05) is 45.6 Å². The zero-order chi connectivity index (χ0) is 15.1. The van der Waals surface area contributed by atoms with Crippen LogP contribution in [0, 0.1) is 11.3 Å². The Labute approximate surface area is 125 Å². The number of amides is 1. The number of hydrogen-bond acceptors (Lipinski definition) is 5. The molecule has 0 saturated carbocycles. The molecule has 7 nitrogen and oxygen atoms in total. The lowest BCUT2D eigenvalue weighted by Crippen LogP contribution is -2.51. The van der Waals surface area contributed by atoms with Crippen LogP contribution >= 0.6 is 0 Å². The number of carbonyl (C=O) groups is 1. The van der Waals surface area contributed by atoms with Crippen LogP contribution in [0.5, 0.6) is 0 Å². The van der Waals surface area contributed by atoms with Gasteiger partial charge in [0.25, 0.3) is 0 Å². The molecule has 3 rings (SSSR count). The SMILES string of the molecule is CS(=O)(=O)N1C[C@H]2CNC[C@@]2(C(=O)NC2CCOCC2)C1. The van der Waals surface area contributed by atoms with Gasteiger partial charge in [-0.05, 0) is 12.8 Å². The summed E-state index contributed by atoms with van der Waals surface area (Å²) < 4.78 is 30.3. The van der Waals surface area contributed by atoms with Gasteiger partial charge in [-0.15, -0.1) is 0 Å².